The van der Waals surface area contributed by atoms with E-state index in [1.54, 1.807) is 0 Å². The molecule has 0 aliphatic carbocycles. The highest BCUT2D eigenvalue weighted by Crippen LogP contribution is 2.52. The summed E-state index contributed by atoms with van der Waals surface area (Å²) in [5, 5.41) is 9.93. The summed E-state index contributed by atoms with van der Waals surface area (Å²) < 4.78 is 5.11. The smallest absolute Gasteiger partial charge is 0.0641 e. The van der Waals surface area contributed by atoms with E-state index in [1.165, 1.54) is 98.4 Å². The van der Waals surface area contributed by atoms with Gasteiger partial charge < -0.3 is 18.6 Å². The fourth-order valence-corrected chi connectivity index (χ4v) is 11.7. The Morgan fingerprint density at radius 3 is 0.929 bits per heavy atom. The van der Waals surface area contributed by atoms with Gasteiger partial charge >= 0.3 is 0 Å². The van der Waals surface area contributed by atoms with Gasteiger partial charge in [-0.15, -0.1) is 0 Å². The average Bonchev–Trinajstić information content (AvgIpc) is 4.16. The highest BCUT2D eigenvalue weighted by molar-refractivity contribution is 6.32. The predicted octanol–water partition coefficient (Wildman–Crippen LogP) is 18.3. The van der Waals surface area contributed by atoms with Gasteiger partial charge in [-0.2, -0.15) is 0 Å². The Kier molecular flexibility index (Phi) is 8.33. The van der Waals surface area contributed by atoms with Crippen molar-refractivity contribution in [2.45, 2.75) is 0 Å². The quantitative estimate of drug-likeness (QED) is 0.151. The molecule has 326 valence electrons. The van der Waals surface area contributed by atoms with Crippen molar-refractivity contribution in [3.63, 3.8) is 0 Å². The van der Waals surface area contributed by atoms with Crippen LogP contribution in [0, 0.1) is 0 Å². The molecule has 0 fully saturated rings. The molecule has 0 aliphatic rings. The topological polar surface area (TPSA) is 15.3 Å². The van der Waals surface area contributed by atoms with Crippen molar-refractivity contribution < 1.29 is 0 Å². The molecule has 70 heavy (non-hydrogen) atoms. The Labute approximate surface area is 404 Å². The number of rotatable bonds is 8. The van der Waals surface area contributed by atoms with Crippen LogP contribution < -0.4 is 9.80 Å². The van der Waals surface area contributed by atoms with E-state index in [0.29, 0.717) is 0 Å². The monoisotopic (exact) mass is 890 g/mol. The van der Waals surface area contributed by atoms with Gasteiger partial charge in [0.15, 0.2) is 0 Å². The highest BCUT2D eigenvalue weighted by atomic mass is 15.2. The predicted molar refractivity (Wildman–Crippen MR) is 296 cm³/mol. The van der Waals surface area contributed by atoms with Gasteiger partial charge in [-0.25, -0.2) is 0 Å². The number of hydrogen-bond acceptors (Lipinski definition) is 2. The third kappa shape index (κ3) is 5.59. The van der Waals surface area contributed by atoms with Gasteiger partial charge in [0.05, 0.1) is 44.5 Å². The van der Waals surface area contributed by atoms with Gasteiger partial charge in [0.2, 0.25) is 0 Å². The van der Waals surface area contributed by atoms with E-state index >= 15 is 0 Å². The fourth-order valence-electron chi connectivity index (χ4n) is 11.7. The molecule has 0 N–H and O–H groups in total. The zero-order valence-corrected chi connectivity index (χ0v) is 38.0. The summed E-state index contributed by atoms with van der Waals surface area (Å²) >= 11 is 0. The van der Waals surface area contributed by atoms with Gasteiger partial charge in [-0.05, 0) is 119 Å². The molecular formula is C66H42N4. The van der Waals surface area contributed by atoms with Crippen LogP contribution in [0.3, 0.4) is 0 Å². The Balaban J connectivity index is 1.07. The third-order valence-corrected chi connectivity index (χ3v) is 14.7. The third-order valence-electron chi connectivity index (χ3n) is 14.7. The van der Waals surface area contributed by atoms with E-state index < -0.39 is 0 Å². The van der Waals surface area contributed by atoms with Crippen molar-refractivity contribution in [2.24, 2.45) is 0 Å². The van der Waals surface area contributed by atoms with E-state index in [0.717, 1.165) is 34.1 Å². The minimum Gasteiger partial charge on any atom is -0.310 e. The first-order chi connectivity index (χ1) is 34.8. The van der Waals surface area contributed by atoms with E-state index in [4.69, 9.17) is 0 Å². The molecule has 15 rings (SSSR count). The number of benzene rings is 11. The lowest BCUT2D eigenvalue weighted by Gasteiger charge is -2.26. The average molecular weight is 891 g/mol. The van der Waals surface area contributed by atoms with Crippen molar-refractivity contribution in [1.82, 2.24) is 8.80 Å². The minimum absolute atomic E-state index is 1.12. The zero-order valence-electron chi connectivity index (χ0n) is 38.0. The molecule has 0 radical (unpaired) electrons. The molecule has 0 atom stereocenters. The van der Waals surface area contributed by atoms with Crippen molar-refractivity contribution in [1.29, 1.82) is 0 Å². The molecule has 0 bridgehead atoms. The van der Waals surface area contributed by atoms with Crippen LogP contribution in [0.25, 0.3) is 98.4 Å². The summed E-state index contributed by atoms with van der Waals surface area (Å²) in [4.78, 5) is 4.85. The number of fused-ring (bicyclic) bond motifs is 12. The van der Waals surface area contributed by atoms with Crippen LogP contribution in [0.1, 0.15) is 0 Å². The molecule has 0 unspecified atom stereocenters. The number of nitrogens with zero attached hydrogens (tertiary/aromatic N) is 4. The molecule has 0 aliphatic heterocycles. The normalized spacial score (nSPS) is 12.0. The van der Waals surface area contributed by atoms with E-state index in [2.05, 4.69) is 273 Å². The minimum atomic E-state index is 1.12. The summed E-state index contributed by atoms with van der Waals surface area (Å²) in [5.74, 6) is 0. The van der Waals surface area contributed by atoms with Crippen LogP contribution in [-0.2, 0) is 0 Å². The standard InChI is InChI=1S/C66H42N4/c1-7-19-43(20-8-1)45-31-35-57-55(39-45)63-59(67(47-23-11-3-12-24-47)48-25-13-4-14-26-48)37-33-51-53-41-54-52-34-38-60(68(49-27-15-5-16-28-49)50-29-17-6-18-30-50)64-56-40-46(44-21-9-2-10-22-44)32-36-58(56)70(66(52)64)62(54)42-61(53)69(57)65(51)63/h1-42H. The van der Waals surface area contributed by atoms with Crippen molar-refractivity contribution >= 4 is 110 Å². The van der Waals surface area contributed by atoms with Crippen molar-refractivity contribution in [3.8, 4) is 22.3 Å². The van der Waals surface area contributed by atoms with Crippen LogP contribution in [0.15, 0.2) is 255 Å². The first-order valence-electron chi connectivity index (χ1n) is 24.1. The van der Waals surface area contributed by atoms with Crippen molar-refractivity contribution in [3.05, 3.63) is 255 Å². The first-order valence-corrected chi connectivity index (χ1v) is 24.1. The lowest BCUT2D eigenvalue weighted by atomic mass is 9.99. The summed E-state index contributed by atoms with van der Waals surface area (Å²) in [6.07, 6.45) is 0. The molecule has 0 amide bonds. The molecule has 4 nitrogen and oxygen atoms in total. The van der Waals surface area contributed by atoms with Crippen LogP contribution in [0.2, 0.25) is 0 Å². The molecule has 11 aromatic carbocycles. The molecule has 0 saturated carbocycles. The van der Waals surface area contributed by atoms with Gasteiger partial charge in [-0.3, -0.25) is 0 Å². The molecule has 4 heteroatoms. The lowest BCUT2D eigenvalue weighted by molar-refractivity contribution is 1.30. The van der Waals surface area contributed by atoms with Gasteiger partial charge in [0, 0.05) is 65.8 Å². The maximum absolute atomic E-state index is 2.55. The van der Waals surface area contributed by atoms with Crippen LogP contribution in [0.4, 0.5) is 34.1 Å². The number of hydrogen-bond donors (Lipinski definition) is 0. The summed E-state index contributed by atoms with van der Waals surface area (Å²) in [7, 11) is 0. The second-order valence-electron chi connectivity index (χ2n) is 18.5. The molecule has 4 aromatic heterocycles. The maximum Gasteiger partial charge on any atom is 0.0641 e. The van der Waals surface area contributed by atoms with Gasteiger partial charge in [0.1, 0.15) is 0 Å². The Bertz CT molecular complexity index is 4070. The molecule has 0 saturated heterocycles. The first kappa shape index (κ1) is 38.7. The fraction of sp³-hybridized carbons (Fsp3) is 0. The second-order valence-corrected chi connectivity index (χ2v) is 18.5. The van der Waals surface area contributed by atoms with Crippen molar-refractivity contribution in [2.75, 3.05) is 9.80 Å². The highest BCUT2D eigenvalue weighted by Gasteiger charge is 2.28. The molecule has 15 aromatic rings. The SMILES string of the molecule is c1ccc(-c2ccc3c(c2)c2c(N(c4ccccc4)c4ccccc4)ccc4c5cc6c7ccc(N(c8ccccc8)c8ccccc8)c8c9cc(-c%10ccccc%10)ccc9n(c6cc5n3c42)c78)cc1. The second kappa shape index (κ2) is 15.1. The van der Waals surface area contributed by atoms with Crippen LogP contribution in [0.5, 0.6) is 0 Å². The summed E-state index contributed by atoms with van der Waals surface area (Å²) in [6.45, 7) is 0. The Hall–Kier alpha value is -9.38. The number of anilines is 6. The largest absolute Gasteiger partial charge is 0.310 e. The molecular weight excluding hydrogens is 849 g/mol. The van der Waals surface area contributed by atoms with E-state index in [1.807, 2.05) is 0 Å². The number of para-hydroxylation sites is 4. The van der Waals surface area contributed by atoms with Crippen LogP contribution >= 0.6 is 0 Å². The Morgan fingerprint density at radius 2 is 0.571 bits per heavy atom. The number of aromatic nitrogens is 2. The van der Waals surface area contributed by atoms with Crippen LogP contribution in [-0.4, -0.2) is 8.80 Å². The lowest BCUT2D eigenvalue weighted by Crippen LogP contribution is -2.10. The van der Waals surface area contributed by atoms with Gasteiger partial charge in [0.25, 0.3) is 0 Å². The Morgan fingerprint density at radius 1 is 0.229 bits per heavy atom. The maximum atomic E-state index is 2.55. The molecule has 4 heterocycles. The summed E-state index contributed by atoms with van der Waals surface area (Å²) in [5.41, 5.74) is 18.8. The van der Waals surface area contributed by atoms with E-state index in [-0.39, 0.29) is 0 Å². The summed E-state index contributed by atoms with van der Waals surface area (Å²) in [6, 6.07) is 93.3. The molecule has 0 spiro atoms. The zero-order chi connectivity index (χ0) is 45.9. The van der Waals surface area contributed by atoms with Gasteiger partial charge in [-0.1, -0.05) is 158 Å². The van der Waals surface area contributed by atoms with E-state index in [9.17, 15) is 0 Å².